The van der Waals surface area contributed by atoms with Crippen molar-refractivity contribution < 1.29 is 4.79 Å². The lowest BCUT2D eigenvalue weighted by atomic mass is 10.1. The number of carbonyl (C=O) groups excluding carboxylic acids is 1. The van der Waals surface area contributed by atoms with Gasteiger partial charge < -0.3 is 5.32 Å². The first-order valence-corrected chi connectivity index (χ1v) is 8.62. The van der Waals surface area contributed by atoms with Crippen molar-refractivity contribution in [3.8, 4) is 0 Å². The normalized spacial score (nSPS) is 11.0. The van der Waals surface area contributed by atoms with Crippen molar-refractivity contribution in [2.24, 2.45) is 0 Å². The number of nitrogens with one attached hydrogen (secondary N) is 1. The molecular weight excluding hydrogens is 322 g/mol. The third kappa shape index (κ3) is 3.26. The summed E-state index contributed by atoms with van der Waals surface area (Å²) in [5.74, 6) is 0.763. The zero-order chi connectivity index (χ0) is 17.3. The van der Waals surface area contributed by atoms with E-state index >= 15 is 0 Å². The Morgan fingerprint density at radius 1 is 1.17 bits per heavy atom. The third-order valence-electron chi connectivity index (χ3n) is 3.74. The number of carbonyl (C=O) groups is 1. The van der Waals surface area contributed by atoms with Crippen LogP contribution >= 0.6 is 11.8 Å². The lowest BCUT2D eigenvalue weighted by Gasteiger charge is -2.11. The molecule has 0 bridgehead atoms. The van der Waals surface area contributed by atoms with E-state index in [1.807, 2.05) is 56.4 Å². The van der Waals surface area contributed by atoms with Gasteiger partial charge in [-0.25, -0.2) is 4.98 Å². The maximum Gasteiger partial charge on any atom is 0.256 e. The lowest BCUT2D eigenvalue weighted by Crippen LogP contribution is -2.16. The van der Waals surface area contributed by atoms with E-state index in [0.29, 0.717) is 10.9 Å². The van der Waals surface area contributed by atoms with Crippen LogP contribution in [-0.4, -0.2) is 31.2 Å². The summed E-state index contributed by atoms with van der Waals surface area (Å²) in [6, 6.07) is 7.92. The zero-order valence-electron chi connectivity index (χ0n) is 14.1. The summed E-state index contributed by atoms with van der Waals surface area (Å²) >= 11 is 1.35. The molecule has 2 heterocycles. The smallest absolute Gasteiger partial charge is 0.256 e. The molecule has 2 aromatic heterocycles. The maximum absolute atomic E-state index is 12.3. The lowest BCUT2D eigenvalue weighted by molar-refractivity contribution is -0.113. The van der Waals surface area contributed by atoms with Gasteiger partial charge in [-0.15, -0.1) is 10.2 Å². The third-order valence-corrected chi connectivity index (χ3v) is 4.67. The van der Waals surface area contributed by atoms with E-state index in [2.05, 4.69) is 20.5 Å². The minimum Gasteiger partial charge on any atom is -0.325 e. The first-order chi connectivity index (χ1) is 11.5. The number of nitrogens with zero attached hydrogens (tertiary/aromatic N) is 4. The Balaban J connectivity index is 1.73. The minimum atomic E-state index is -0.0631. The Bertz CT molecular complexity index is 898. The van der Waals surface area contributed by atoms with Crippen LogP contribution in [-0.2, 0) is 4.79 Å². The summed E-state index contributed by atoms with van der Waals surface area (Å²) < 4.78 is 1.87. The number of anilines is 1. The zero-order valence-corrected chi connectivity index (χ0v) is 14.9. The number of fused-ring (bicyclic) bond motifs is 1. The fourth-order valence-corrected chi connectivity index (χ4v) is 3.40. The van der Waals surface area contributed by atoms with Gasteiger partial charge in [0.25, 0.3) is 5.78 Å². The second-order valence-corrected chi connectivity index (χ2v) is 6.70. The predicted octanol–water partition coefficient (Wildman–Crippen LogP) is 3.09. The van der Waals surface area contributed by atoms with Crippen molar-refractivity contribution in [3.05, 3.63) is 46.8 Å². The first-order valence-electron chi connectivity index (χ1n) is 7.64. The molecule has 3 rings (SSSR count). The van der Waals surface area contributed by atoms with Crippen molar-refractivity contribution in [2.75, 3.05) is 11.1 Å². The number of amides is 1. The van der Waals surface area contributed by atoms with Crippen LogP contribution in [0.5, 0.6) is 0 Å². The number of benzene rings is 1. The van der Waals surface area contributed by atoms with Crippen LogP contribution in [0, 0.1) is 27.7 Å². The summed E-state index contributed by atoms with van der Waals surface area (Å²) in [5, 5.41) is 11.9. The van der Waals surface area contributed by atoms with Gasteiger partial charge in [0.2, 0.25) is 5.91 Å². The Labute approximate surface area is 144 Å². The highest BCUT2D eigenvalue weighted by molar-refractivity contribution is 7.99. The van der Waals surface area contributed by atoms with E-state index < -0.39 is 0 Å². The average Bonchev–Trinajstić information content (AvgIpc) is 2.92. The topological polar surface area (TPSA) is 72.2 Å². The van der Waals surface area contributed by atoms with Crippen LogP contribution in [0.4, 0.5) is 5.69 Å². The quantitative estimate of drug-likeness (QED) is 0.738. The Kier molecular flexibility index (Phi) is 4.53. The molecule has 1 N–H and O–H groups in total. The number of rotatable bonds is 4. The largest absolute Gasteiger partial charge is 0.325 e. The number of hydrogen-bond acceptors (Lipinski definition) is 5. The standard InChI is InChI=1S/C17H19N5OS/c1-10-6-5-7-11(2)15(10)19-14(23)9-24-17-21-20-16-18-12(3)8-13(4)22(16)17/h5-8H,9H2,1-4H3,(H,19,23). The first kappa shape index (κ1) is 16.4. The van der Waals surface area contributed by atoms with Crippen molar-refractivity contribution in [1.82, 2.24) is 19.6 Å². The van der Waals surface area contributed by atoms with Crippen molar-refractivity contribution >= 4 is 29.1 Å². The SMILES string of the molecule is Cc1cc(C)n2c(SCC(=O)Nc3c(C)cccc3C)nnc2n1. The Hall–Kier alpha value is -2.41. The molecule has 24 heavy (non-hydrogen) atoms. The molecule has 1 aromatic carbocycles. The number of aryl methyl sites for hydroxylation is 4. The van der Waals surface area contributed by atoms with Gasteiger partial charge in [-0.1, -0.05) is 30.0 Å². The highest BCUT2D eigenvalue weighted by atomic mass is 32.2. The van der Waals surface area contributed by atoms with E-state index in [1.165, 1.54) is 11.8 Å². The molecule has 0 radical (unpaired) electrons. The van der Waals surface area contributed by atoms with E-state index in [0.717, 1.165) is 28.2 Å². The number of aromatic nitrogens is 4. The Morgan fingerprint density at radius 3 is 2.58 bits per heavy atom. The van der Waals surface area contributed by atoms with Gasteiger partial charge in [0.05, 0.1) is 5.75 Å². The van der Waals surface area contributed by atoms with Crippen LogP contribution in [0.3, 0.4) is 0 Å². The molecule has 0 spiro atoms. The van der Waals surface area contributed by atoms with Crippen LogP contribution < -0.4 is 5.32 Å². The van der Waals surface area contributed by atoms with Crippen molar-refractivity contribution in [2.45, 2.75) is 32.9 Å². The fraction of sp³-hybridized carbons (Fsp3) is 0.294. The second kappa shape index (κ2) is 6.60. The molecule has 0 aliphatic carbocycles. The maximum atomic E-state index is 12.3. The van der Waals surface area contributed by atoms with Gasteiger partial charge in [0, 0.05) is 17.1 Å². The van der Waals surface area contributed by atoms with Gasteiger partial charge in [0.1, 0.15) is 0 Å². The minimum absolute atomic E-state index is 0.0631. The molecule has 0 saturated heterocycles. The van der Waals surface area contributed by atoms with Crippen molar-refractivity contribution in [1.29, 1.82) is 0 Å². The molecule has 0 unspecified atom stereocenters. The van der Waals surface area contributed by atoms with Gasteiger partial charge >= 0.3 is 0 Å². The van der Waals surface area contributed by atoms with Gasteiger partial charge in [0.15, 0.2) is 5.16 Å². The molecule has 0 aliphatic heterocycles. The molecule has 0 atom stereocenters. The summed E-state index contributed by atoms with van der Waals surface area (Å²) in [6.45, 7) is 7.87. The van der Waals surface area contributed by atoms with Gasteiger partial charge in [-0.05, 0) is 44.9 Å². The van der Waals surface area contributed by atoms with Gasteiger partial charge in [-0.2, -0.15) is 0 Å². The molecule has 6 nitrogen and oxygen atoms in total. The molecule has 7 heteroatoms. The number of thioether (sulfide) groups is 1. The number of hydrogen-bond donors (Lipinski definition) is 1. The predicted molar refractivity (Wildman–Crippen MR) is 95.5 cm³/mol. The second-order valence-electron chi connectivity index (χ2n) is 5.76. The van der Waals surface area contributed by atoms with Crippen molar-refractivity contribution in [3.63, 3.8) is 0 Å². The monoisotopic (exact) mass is 341 g/mol. The van der Waals surface area contributed by atoms with Crippen LogP contribution in [0.25, 0.3) is 5.78 Å². The van der Waals surface area contributed by atoms with Crippen LogP contribution in [0.1, 0.15) is 22.5 Å². The fourth-order valence-electron chi connectivity index (χ4n) is 2.61. The summed E-state index contributed by atoms with van der Waals surface area (Å²) in [7, 11) is 0. The van der Waals surface area contributed by atoms with E-state index in [4.69, 9.17) is 0 Å². The average molecular weight is 341 g/mol. The van der Waals surface area contributed by atoms with Gasteiger partial charge in [-0.3, -0.25) is 9.20 Å². The summed E-state index contributed by atoms with van der Waals surface area (Å²) in [5.41, 5.74) is 4.88. The molecule has 3 aromatic rings. The van der Waals surface area contributed by atoms with E-state index in [-0.39, 0.29) is 11.7 Å². The molecule has 0 aliphatic rings. The summed E-state index contributed by atoms with van der Waals surface area (Å²) in [4.78, 5) is 16.6. The highest BCUT2D eigenvalue weighted by Crippen LogP contribution is 2.22. The van der Waals surface area contributed by atoms with Crippen LogP contribution in [0.15, 0.2) is 29.4 Å². The Morgan fingerprint density at radius 2 is 1.88 bits per heavy atom. The number of para-hydroxylation sites is 1. The summed E-state index contributed by atoms with van der Waals surface area (Å²) in [6.07, 6.45) is 0. The molecule has 0 fully saturated rings. The molecule has 124 valence electrons. The van der Waals surface area contributed by atoms with Crippen LogP contribution in [0.2, 0.25) is 0 Å². The molecule has 1 amide bonds. The van der Waals surface area contributed by atoms with E-state index in [1.54, 1.807) is 0 Å². The molecule has 0 saturated carbocycles. The molecular formula is C17H19N5OS. The highest BCUT2D eigenvalue weighted by Gasteiger charge is 2.13. The van der Waals surface area contributed by atoms with E-state index in [9.17, 15) is 4.79 Å².